The maximum atomic E-state index is 12.5. The topological polar surface area (TPSA) is 93.2 Å². The molecule has 1 aromatic heterocycles. The van der Waals surface area contributed by atoms with Gasteiger partial charge in [-0.3, -0.25) is 4.79 Å². The molecule has 0 aliphatic carbocycles. The van der Waals surface area contributed by atoms with E-state index in [0.29, 0.717) is 17.1 Å². The molecule has 0 aliphatic rings. The molecule has 0 radical (unpaired) electrons. The lowest BCUT2D eigenvalue weighted by molar-refractivity contribution is 0.0527. The van der Waals surface area contributed by atoms with Crippen molar-refractivity contribution in [2.45, 2.75) is 20.8 Å². The molecule has 0 saturated heterocycles. The first-order valence-corrected chi connectivity index (χ1v) is 9.21. The molecule has 1 amide bonds. The predicted octanol–water partition coefficient (Wildman–Crippen LogP) is 4.27. The number of para-hydroxylation sites is 1. The largest absolute Gasteiger partial charge is 0.462 e. The van der Waals surface area contributed by atoms with E-state index in [1.54, 1.807) is 31.2 Å². The quantitative estimate of drug-likeness (QED) is 0.611. The van der Waals surface area contributed by atoms with Gasteiger partial charge in [0.15, 0.2) is 0 Å². The van der Waals surface area contributed by atoms with E-state index in [-0.39, 0.29) is 18.2 Å². The molecule has 0 atom stereocenters. The van der Waals surface area contributed by atoms with Crippen molar-refractivity contribution in [3.8, 4) is 0 Å². The van der Waals surface area contributed by atoms with Gasteiger partial charge in [-0.1, -0.05) is 24.3 Å². The SMILES string of the molecule is CCOC(=O)c1ccccc1Nc1cnc(C(=O)Nc2cc(C)ccc2C)cn1. The molecule has 2 aromatic carbocycles. The summed E-state index contributed by atoms with van der Waals surface area (Å²) in [4.78, 5) is 33.0. The molecule has 7 nitrogen and oxygen atoms in total. The van der Waals surface area contributed by atoms with Crippen molar-refractivity contribution >= 4 is 29.1 Å². The number of nitrogens with one attached hydrogen (secondary N) is 2. The summed E-state index contributed by atoms with van der Waals surface area (Å²) in [6.07, 6.45) is 2.83. The van der Waals surface area contributed by atoms with Gasteiger partial charge in [-0.2, -0.15) is 0 Å². The van der Waals surface area contributed by atoms with Gasteiger partial charge in [0, 0.05) is 5.69 Å². The molecule has 0 unspecified atom stereocenters. The average Bonchev–Trinajstić information content (AvgIpc) is 2.72. The fourth-order valence-electron chi connectivity index (χ4n) is 2.68. The van der Waals surface area contributed by atoms with Gasteiger partial charge in [0.2, 0.25) is 0 Å². The summed E-state index contributed by atoms with van der Waals surface area (Å²) in [6, 6.07) is 12.8. The van der Waals surface area contributed by atoms with Crippen LogP contribution < -0.4 is 10.6 Å². The monoisotopic (exact) mass is 390 g/mol. The van der Waals surface area contributed by atoms with Gasteiger partial charge < -0.3 is 15.4 Å². The minimum Gasteiger partial charge on any atom is -0.462 e. The number of ether oxygens (including phenoxy) is 1. The predicted molar refractivity (Wildman–Crippen MR) is 112 cm³/mol. The summed E-state index contributed by atoms with van der Waals surface area (Å²) in [5.74, 6) is -0.359. The van der Waals surface area contributed by atoms with Gasteiger partial charge in [-0.25, -0.2) is 14.8 Å². The van der Waals surface area contributed by atoms with E-state index < -0.39 is 5.97 Å². The van der Waals surface area contributed by atoms with Crippen LogP contribution in [0.3, 0.4) is 0 Å². The van der Waals surface area contributed by atoms with Crippen LogP contribution in [0.5, 0.6) is 0 Å². The second-order valence-corrected chi connectivity index (χ2v) is 6.45. The highest BCUT2D eigenvalue weighted by atomic mass is 16.5. The highest BCUT2D eigenvalue weighted by Gasteiger charge is 2.14. The van der Waals surface area contributed by atoms with E-state index in [9.17, 15) is 9.59 Å². The van der Waals surface area contributed by atoms with Crippen molar-refractivity contribution in [3.05, 3.63) is 77.2 Å². The van der Waals surface area contributed by atoms with Crippen LogP contribution in [-0.2, 0) is 4.74 Å². The summed E-state index contributed by atoms with van der Waals surface area (Å²) in [5.41, 5.74) is 3.89. The number of benzene rings is 2. The number of carbonyl (C=O) groups excluding carboxylic acids is 2. The second kappa shape index (κ2) is 8.97. The molecule has 0 aliphatic heterocycles. The Balaban J connectivity index is 1.73. The Morgan fingerprint density at radius 1 is 1.00 bits per heavy atom. The molecule has 29 heavy (non-hydrogen) atoms. The van der Waals surface area contributed by atoms with Crippen molar-refractivity contribution < 1.29 is 14.3 Å². The van der Waals surface area contributed by atoms with Crippen LogP contribution >= 0.6 is 0 Å². The van der Waals surface area contributed by atoms with E-state index in [4.69, 9.17) is 4.74 Å². The zero-order valence-electron chi connectivity index (χ0n) is 16.5. The molecule has 1 heterocycles. The molecule has 3 rings (SSSR count). The maximum absolute atomic E-state index is 12.5. The van der Waals surface area contributed by atoms with Crippen molar-refractivity contribution in [3.63, 3.8) is 0 Å². The normalized spacial score (nSPS) is 10.3. The van der Waals surface area contributed by atoms with E-state index in [1.165, 1.54) is 12.4 Å². The Morgan fingerprint density at radius 3 is 2.52 bits per heavy atom. The van der Waals surface area contributed by atoms with Gasteiger partial charge in [0.1, 0.15) is 11.5 Å². The van der Waals surface area contributed by atoms with Crippen LogP contribution in [-0.4, -0.2) is 28.5 Å². The third kappa shape index (κ3) is 4.95. The highest BCUT2D eigenvalue weighted by Crippen LogP contribution is 2.21. The minimum absolute atomic E-state index is 0.190. The van der Waals surface area contributed by atoms with E-state index in [1.807, 2.05) is 32.0 Å². The van der Waals surface area contributed by atoms with Crippen LogP contribution in [0.25, 0.3) is 0 Å². The van der Waals surface area contributed by atoms with Gasteiger partial charge in [0.25, 0.3) is 5.91 Å². The summed E-state index contributed by atoms with van der Waals surface area (Å²) < 4.78 is 5.06. The molecule has 2 N–H and O–H groups in total. The Labute approximate surface area is 169 Å². The number of anilines is 3. The van der Waals surface area contributed by atoms with Crippen molar-refractivity contribution in [2.75, 3.05) is 17.2 Å². The highest BCUT2D eigenvalue weighted by molar-refractivity contribution is 6.03. The lowest BCUT2D eigenvalue weighted by atomic mass is 10.1. The van der Waals surface area contributed by atoms with E-state index >= 15 is 0 Å². The fraction of sp³-hybridized carbons (Fsp3) is 0.182. The van der Waals surface area contributed by atoms with E-state index in [2.05, 4.69) is 20.6 Å². The molecular formula is C22H22N4O3. The zero-order chi connectivity index (χ0) is 20.8. The molecule has 7 heteroatoms. The molecule has 0 bridgehead atoms. The number of nitrogens with zero attached hydrogens (tertiary/aromatic N) is 2. The molecular weight excluding hydrogens is 368 g/mol. The number of hydrogen-bond acceptors (Lipinski definition) is 6. The smallest absolute Gasteiger partial charge is 0.340 e. The Bertz CT molecular complexity index is 1030. The molecule has 3 aromatic rings. The standard InChI is InChI=1S/C22H22N4O3/c1-4-29-22(28)16-7-5-6-8-17(16)25-20-13-23-19(12-24-20)21(27)26-18-11-14(2)9-10-15(18)3/h5-13H,4H2,1-3H3,(H,24,25)(H,26,27). The molecule has 0 saturated carbocycles. The number of rotatable bonds is 6. The number of amides is 1. The summed E-state index contributed by atoms with van der Waals surface area (Å²) >= 11 is 0. The minimum atomic E-state index is -0.423. The zero-order valence-corrected chi connectivity index (χ0v) is 16.5. The van der Waals surface area contributed by atoms with Crippen LogP contribution in [0.2, 0.25) is 0 Å². The van der Waals surface area contributed by atoms with Crippen molar-refractivity contribution in [2.24, 2.45) is 0 Å². The molecule has 148 valence electrons. The number of aromatic nitrogens is 2. The van der Waals surface area contributed by atoms with Gasteiger partial charge in [0.05, 0.1) is 30.3 Å². The first kappa shape index (κ1) is 20.0. The van der Waals surface area contributed by atoms with Gasteiger partial charge in [-0.05, 0) is 50.1 Å². The lowest BCUT2D eigenvalue weighted by Crippen LogP contribution is -2.15. The number of carbonyl (C=O) groups is 2. The number of hydrogen-bond donors (Lipinski definition) is 2. The van der Waals surface area contributed by atoms with Crippen molar-refractivity contribution in [1.29, 1.82) is 0 Å². The Hall–Kier alpha value is -3.74. The van der Waals surface area contributed by atoms with Crippen LogP contribution in [0.15, 0.2) is 54.9 Å². The summed E-state index contributed by atoms with van der Waals surface area (Å²) in [5, 5.41) is 5.89. The van der Waals surface area contributed by atoms with Crippen LogP contribution in [0.4, 0.5) is 17.2 Å². The molecule has 0 spiro atoms. The lowest BCUT2D eigenvalue weighted by Gasteiger charge is -2.11. The second-order valence-electron chi connectivity index (χ2n) is 6.45. The van der Waals surface area contributed by atoms with Gasteiger partial charge in [-0.15, -0.1) is 0 Å². The summed E-state index contributed by atoms with van der Waals surface area (Å²) in [6.45, 7) is 5.93. The van der Waals surface area contributed by atoms with E-state index in [0.717, 1.165) is 16.8 Å². The number of esters is 1. The maximum Gasteiger partial charge on any atom is 0.340 e. The third-order valence-corrected chi connectivity index (χ3v) is 4.21. The first-order valence-electron chi connectivity index (χ1n) is 9.21. The number of aryl methyl sites for hydroxylation is 2. The fourth-order valence-corrected chi connectivity index (χ4v) is 2.68. The van der Waals surface area contributed by atoms with Crippen LogP contribution in [0.1, 0.15) is 38.9 Å². The Kier molecular flexibility index (Phi) is 6.19. The first-order chi connectivity index (χ1) is 14.0. The average molecular weight is 390 g/mol. The third-order valence-electron chi connectivity index (χ3n) is 4.21. The summed E-state index contributed by atoms with van der Waals surface area (Å²) in [7, 11) is 0. The van der Waals surface area contributed by atoms with Crippen LogP contribution in [0, 0.1) is 13.8 Å². The molecule has 0 fully saturated rings. The van der Waals surface area contributed by atoms with Gasteiger partial charge >= 0.3 is 5.97 Å². The Morgan fingerprint density at radius 2 is 1.79 bits per heavy atom. The van der Waals surface area contributed by atoms with Crippen molar-refractivity contribution in [1.82, 2.24) is 9.97 Å².